The molecule has 0 bridgehead atoms. The molecule has 0 radical (unpaired) electrons. The first-order chi connectivity index (χ1) is 10.4. The largest absolute Gasteiger partial charge is 0.351 e. The summed E-state index contributed by atoms with van der Waals surface area (Å²) in [5.41, 5.74) is 2.19. The summed E-state index contributed by atoms with van der Waals surface area (Å²) in [6, 6.07) is 1.90. The molecule has 0 aliphatic carbocycles. The zero-order valence-corrected chi connectivity index (χ0v) is 14.1. The summed E-state index contributed by atoms with van der Waals surface area (Å²) >= 11 is 1.36. The number of rotatable bonds is 6. The van der Waals surface area contributed by atoms with E-state index in [-0.39, 0.29) is 5.91 Å². The van der Waals surface area contributed by atoms with Gasteiger partial charge in [0, 0.05) is 23.3 Å². The van der Waals surface area contributed by atoms with Crippen molar-refractivity contribution in [1.29, 1.82) is 0 Å². The number of thiazole rings is 1. The Kier molecular flexibility index (Phi) is 5.43. The molecule has 1 amide bonds. The van der Waals surface area contributed by atoms with Crippen molar-refractivity contribution in [2.24, 2.45) is 5.92 Å². The maximum absolute atomic E-state index is 12.0. The van der Waals surface area contributed by atoms with Crippen LogP contribution in [0.3, 0.4) is 0 Å². The third-order valence-corrected chi connectivity index (χ3v) is 3.70. The van der Waals surface area contributed by atoms with Gasteiger partial charge < -0.3 is 10.6 Å². The van der Waals surface area contributed by atoms with E-state index in [1.54, 1.807) is 5.38 Å². The number of aromatic nitrogens is 3. The molecular formula is C15H21N5OS. The van der Waals surface area contributed by atoms with Gasteiger partial charge in [-0.05, 0) is 32.3 Å². The lowest BCUT2D eigenvalue weighted by atomic mass is 10.1. The topological polar surface area (TPSA) is 79.8 Å². The number of carbonyl (C=O) groups is 1. The predicted molar refractivity (Wildman–Crippen MR) is 88.7 cm³/mol. The summed E-state index contributed by atoms with van der Waals surface area (Å²) in [6.45, 7) is 8.74. The summed E-state index contributed by atoms with van der Waals surface area (Å²) in [5.74, 6) is 0.916. The highest BCUT2D eigenvalue weighted by Crippen LogP contribution is 2.19. The summed E-state index contributed by atoms with van der Waals surface area (Å²) in [4.78, 5) is 24.8. The van der Waals surface area contributed by atoms with Crippen LogP contribution in [0.4, 0.5) is 11.1 Å². The van der Waals surface area contributed by atoms with Crippen LogP contribution in [0.2, 0.25) is 0 Å². The Bertz CT molecular complexity index is 633. The van der Waals surface area contributed by atoms with Gasteiger partial charge >= 0.3 is 0 Å². The van der Waals surface area contributed by atoms with Crippen molar-refractivity contribution < 1.29 is 4.79 Å². The third-order valence-electron chi connectivity index (χ3n) is 2.95. The van der Waals surface area contributed by atoms with Crippen molar-refractivity contribution in [2.45, 2.75) is 34.1 Å². The van der Waals surface area contributed by atoms with E-state index < -0.39 is 0 Å². The molecule has 0 saturated heterocycles. The highest BCUT2D eigenvalue weighted by molar-refractivity contribution is 7.14. The van der Waals surface area contributed by atoms with Gasteiger partial charge in [-0.1, -0.05) is 13.8 Å². The van der Waals surface area contributed by atoms with E-state index in [2.05, 4.69) is 39.4 Å². The minimum atomic E-state index is -0.147. The van der Waals surface area contributed by atoms with Crippen LogP contribution in [-0.2, 0) is 0 Å². The zero-order chi connectivity index (χ0) is 16.1. The lowest BCUT2D eigenvalue weighted by Gasteiger charge is -2.05. The standard InChI is InChI=1S/C15H21N5OS/c1-9(2)5-6-16-13(21)12-8-22-15(19-12)20-14-17-10(3)7-11(4)18-14/h7-9H,5-6H2,1-4H3,(H,16,21)(H,17,18,19,20). The molecule has 2 aromatic rings. The fourth-order valence-electron chi connectivity index (χ4n) is 1.88. The quantitative estimate of drug-likeness (QED) is 0.855. The molecule has 7 heteroatoms. The monoisotopic (exact) mass is 319 g/mol. The van der Waals surface area contributed by atoms with E-state index in [0.717, 1.165) is 17.8 Å². The number of hydrogen-bond acceptors (Lipinski definition) is 6. The van der Waals surface area contributed by atoms with Crippen LogP contribution >= 0.6 is 11.3 Å². The number of amides is 1. The van der Waals surface area contributed by atoms with Crippen molar-refractivity contribution >= 4 is 28.3 Å². The maximum atomic E-state index is 12.0. The van der Waals surface area contributed by atoms with Gasteiger partial charge in [-0.15, -0.1) is 11.3 Å². The Morgan fingerprint density at radius 1 is 1.23 bits per heavy atom. The van der Waals surface area contributed by atoms with E-state index in [1.165, 1.54) is 11.3 Å². The van der Waals surface area contributed by atoms with Crippen LogP contribution in [0.15, 0.2) is 11.4 Å². The zero-order valence-electron chi connectivity index (χ0n) is 13.3. The van der Waals surface area contributed by atoms with Crippen molar-refractivity contribution in [3.05, 3.63) is 28.5 Å². The molecule has 0 aliphatic heterocycles. The molecule has 2 aromatic heterocycles. The second kappa shape index (κ2) is 7.31. The highest BCUT2D eigenvalue weighted by atomic mass is 32.1. The molecular weight excluding hydrogens is 298 g/mol. The molecule has 0 saturated carbocycles. The average molecular weight is 319 g/mol. The van der Waals surface area contributed by atoms with Gasteiger partial charge in [0.05, 0.1) is 0 Å². The van der Waals surface area contributed by atoms with Gasteiger partial charge in [-0.25, -0.2) is 15.0 Å². The Labute approximate surface area is 134 Å². The SMILES string of the molecule is Cc1cc(C)nc(Nc2nc(C(=O)NCCC(C)C)cs2)n1. The first-order valence-corrected chi connectivity index (χ1v) is 8.15. The number of nitrogens with zero attached hydrogens (tertiary/aromatic N) is 3. The third kappa shape index (κ3) is 4.77. The fraction of sp³-hybridized carbons (Fsp3) is 0.467. The second-order valence-electron chi connectivity index (χ2n) is 5.58. The summed E-state index contributed by atoms with van der Waals surface area (Å²) in [7, 11) is 0. The molecule has 2 heterocycles. The molecule has 6 nitrogen and oxygen atoms in total. The minimum absolute atomic E-state index is 0.147. The molecule has 0 aliphatic rings. The normalized spacial score (nSPS) is 10.8. The average Bonchev–Trinajstić information content (AvgIpc) is 2.85. The van der Waals surface area contributed by atoms with Crippen LogP contribution in [0, 0.1) is 19.8 Å². The number of aryl methyl sites for hydroxylation is 2. The predicted octanol–water partition coefficient (Wildman–Crippen LogP) is 3.07. The molecule has 2 rings (SSSR count). The molecule has 0 unspecified atom stereocenters. The van der Waals surface area contributed by atoms with Gasteiger partial charge in [0.25, 0.3) is 5.91 Å². The smallest absolute Gasteiger partial charge is 0.270 e. The van der Waals surface area contributed by atoms with E-state index in [1.807, 2.05) is 19.9 Å². The van der Waals surface area contributed by atoms with Crippen molar-refractivity contribution in [1.82, 2.24) is 20.3 Å². The van der Waals surface area contributed by atoms with Crippen LogP contribution < -0.4 is 10.6 Å². The Hall–Kier alpha value is -2.02. The summed E-state index contributed by atoms with van der Waals surface area (Å²) < 4.78 is 0. The maximum Gasteiger partial charge on any atom is 0.270 e. The Morgan fingerprint density at radius 3 is 2.55 bits per heavy atom. The van der Waals surface area contributed by atoms with Gasteiger partial charge in [-0.2, -0.15) is 0 Å². The van der Waals surface area contributed by atoms with Crippen LogP contribution in [0.5, 0.6) is 0 Å². The molecule has 2 N–H and O–H groups in total. The van der Waals surface area contributed by atoms with Gasteiger partial charge in [0.15, 0.2) is 5.13 Å². The van der Waals surface area contributed by atoms with E-state index in [4.69, 9.17) is 0 Å². The van der Waals surface area contributed by atoms with Crippen molar-refractivity contribution in [3.8, 4) is 0 Å². The molecule has 118 valence electrons. The van der Waals surface area contributed by atoms with E-state index in [9.17, 15) is 4.79 Å². The van der Waals surface area contributed by atoms with Crippen molar-refractivity contribution in [3.63, 3.8) is 0 Å². The number of anilines is 2. The van der Waals surface area contributed by atoms with E-state index >= 15 is 0 Å². The second-order valence-corrected chi connectivity index (χ2v) is 6.43. The molecule has 0 atom stereocenters. The Morgan fingerprint density at radius 2 is 1.91 bits per heavy atom. The number of hydrogen-bond donors (Lipinski definition) is 2. The number of nitrogens with one attached hydrogen (secondary N) is 2. The van der Waals surface area contributed by atoms with Crippen LogP contribution in [0.25, 0.3) is 0 Å². The van der Waals surface area contributed by atoms with Gasteiger partial charge in [0.2, 0.25) is 5.95 Å². The van der Waals surface area contributed by atoms with Crippen molar-refractivity contribution in [2.75, 3.05) is 11.9 Å². The van der Waals surface area contributed by atoms with Crippen LogP contribution in [-0.4, -0.2) is 27.4 Å². The molecule has 0 aromatic carbocycles. The number of carbonyl (C=O) groups excluding carboxylic acids is 1. The van der Waals surface area contributed by atoms with Gasteiger partial charge in [-0.3, -0.25) is 4.79 Å². The lowest BCUT2D eigenvalue weighted by molar-refractivity contribution is 0.0948. The summed E-state index contributed by atoms with van der Waals surface area (Å²) in [5, 5.41) is 8.25. The first-order valence-electron chi connectivity index (χ1n) is 7.27. The summed E-state index contributed by atoms with van der Waals surface area (Å²) in [6.07, 6.45) is 0.956. The fourth-order valence-corrected chi connectivity index (χ4v) is 2.56. The lowest BCUT2D eigenvalue weighted by Crippen LogP contribution is -2.25. The minimum Gasteiger partial charge on any atom is -0.351 e. The van der Waals surface area contributed by atoms with Crippen LogP contribution in [0.1, 0.15) is 42.1 Å². The highest BCUT2D eigenvalue weighted by Gasteiger charge is 2.11. The van der Waals surface area contributed by atoms with E-state index in [0.29, 0.717) is 29.2 Å². The van der Waals surface area contributed by atoms with Gasteiger partial charge in [0.1, 0.15) is 5.69 Å². The Balaban J connectivity index is 1.97. The molecule has 0 fully saturated rings. The molecule has 0 spiro atoms. The first kappa shape index (κ1) is 16.4. The molecule has 22 heavy (non-hydrogen) atoms.